The fraction of sp³-hybridized carbons (Fsp3) is 0.433. The Balaban J connectivity index is 0.000000457. The fourth-order valence-corrected chi connectivity index (χ4v) is 3.99. The van der Waals surface area contributed by atoms with Crippen molar-refractivity contribution in [3.8, 4) is 0 Å². The summed E-state index contributed by atoms with van der Waals surface area (Å²) in [7, 11) is 0. The van der Waals surface area contributed by atoms with Gasteiger partial charge in [-0.1, -0.05) is 37.6 Å². The van der Waals surface area contributed by atoms with Crippen LogP contribution in [0, 0.1) is 0 Å². The molecule has 2 aromatic rings. The molecule has 44 heavy (non-hydrogen) atoms. The summed E-state index contributed by atoms with van der Waals surface area (Å²) in [5.41, 5.74) is 14.4. The number of hydrogen-bond donors (Lipinski definition) is 8. The van der Waals surface area contributed by atoms with Gasteiger partial charge >= 0.3 is 24.0 Å². The summed E-state index contributed by atoms with van der Waals surface area (Å²) in [5.74, 6) is -2.55. The second kappa shape index (κ2) is 20.0. The zero-order valence-corrected chi connectivity index (χ0v) is 25.2. The minimum atomic E-state index is -1.38. The van der Waals surface area contributed by atoms with Crippen LogP contribution in [0.25, 0.3) is 0 Å². The summed E-state index contributed by atoms with van der Waals surface area (Å²) in [6.07, 6.45) is 1.28. The molecule has 0 aliphatic rings. The van der Waals surface area contributed by atoms with E-state index in [1.807, 2.05) is 38.1 Å². The highest BCUT2D eigenvalue weighted by Crippen LogP contribution is 2.09. The Morgan fingerprint density at radius 1 is 0.773 bits per heavy atom. The molecule has 0 radical (unpaired) electrons. The number of anilines is 2. The number of benzene rings is 2. The molecule has 2 aromatic carbocycles. The average molecular weight is 617 g/mol. The molecule has 10 N–H and O–H groups in total. The SMILES string of the molecule is CCC[C@@H](C)NC(=O)N[C@H](C)Cc1ccc(N)cc1.Nc1ccc(C[C@H](NC(=O)N[C@@H](CCC(=O)O)C(=O)O)OC=O)cc1. The maximum absolute atomic E-state index is 11.9. The predicted octanol–water partition coefficient (Wildman–Crippen LogP) is 2.62. The Kier molecular flexibility index (Phi) is 16.8. The first kappa shape index (κ1) is 37.0. The van der Waals surface area contributed by atoms with Crippen LogP contribution in [-0.2, 0) is 32.0 Å². The molecule has 14 nitrogen and oxygen atoms in total. The van der Waals surface area contributed by atoms with Crippen LogP contribution < -0.4 is 32.7 Å². The summed E-state index contributed by atoms with van der Waals surface area (Å²) in [6.45, 7) is 6.29. The molecule has 0 fully saturated rings. The molecule has 0 aliphatic carbocycles. The van der Waals surface area contributed by atoms with Crippen LogP contribution in [0.4, 0.5) is 21.0 Å². The number of hydrogen-bond acceptors (Lipinski definition) is 8. The molecule has 0 spiro atoms. The molecule has 0 bridgehead atoms. The van der Waals surface area contributed by atoms with Gasteiger partial charge in [0.1, 0.15) is 6.04 Å². The van der Waals surface area contributed by atoms with Crippen molar-refractivity contribution in [1.82, 2.24) is 21.3 Å². The number of nitrogen functional groups attached to an aromatic ring is 2. The van der Waals surface area contributed by atoms with Gasteiger partial charge in [-0.3, -0.25) is 9.59 Å². The van der Waals surface area contributed by atoms with Crippen LogP contribution in [0.5, 0.6) is 0 Å². The molecule has 4 amide bonds. The maximum atomic E-state index is 11.9. The summed E-state index contributed by atoms with van der Waals surface area (Å²) < 4.78 is 4.76. The van der Waals surface area contributed by atoms with Crippen molar-refractivity contribution in [3.05, 3.63) is 59.7 Å². The molecule has 0 saturated carbocycles. The van der Waals surface area contributed by atoms with Gasteiger partial charge in [0.05, 0.1) is 0 Å². The number of carbonyl (C=O) groups is 5. The van der Waals surface area contributed by atoms with Gasteiger partial charge in [-0.05, 0) is 68.5 Å². The van der Waals surface area contributed by atoms with E-state index >= 15 is 0 Å². The van der Waals surface area contributed by atoms with Crippen molar-refractivity contribution in [2.75, 3.05) is 11.5 Å². The van der Waals surface area contributed by atoms with E-state index in [-0.39, 0.29) is 37.4 Å². The minimum Gasteiger partial charge on any atom is -0.481 e. The first-order chi connectivity index (χ1) is 20.8. The third-order valence-electron chi connectivity index (χ3n) is 6.16. The van der Waals surface area contributed by atoms with Crippen molar-refractivity contribution in [2.45, 2.75) is 83.6 Å². The van der Waals surface area contributed by atoms with Crippen LogP contribution in [0.3, 0.4) is 0 Å². The number of carboxylic acid groups (broad SMARTS) is 2. The highest BCUT2D eigenvalue weighted by atomic mass is 16.5. The van der Waals surface area contributed by atoms with Gasteiger partial charge < -0.3 is 47.7 Å². The Bertz CT molecular complexity index is 1190. The molecule has 2 rings (SSSR count). The van der Waals surface area contributed by atoms with Crippen LogP contribution in [0.2, 0.25) is 0 Å². The molecule has 0 aromatic heterocycles. The fourth-order valence-electron chi connectivity index (χ4n) is 3.99. The second-order valence-electron chi connectivity index (χ2n) is 10.3. The van der Waals surface area contributed by atoms with Gasteiger partial charge in [-0.25, -0.2) is 14.4 Å². The first-order valence-electron chi connectivity index (χ1n) is 14.2. The smallest absolute Gasteiger partial charge is 0.326 e. The summed E-state index contributed by atoms with van der Waals surface area (Å²) in [4.78, 5) is 55.8. The summed E-state index contributed by atoms with van der Waals surface area (Å²) in [5, 5.41) is 27.9. The van der Waals surface area contributed by atoms with Crippen LogP contribution in [0.1, 0.15) is 57.6 Å². The predicted molar refractivity (Wildman–Crippen MR) is 166 cm³/mol. The highest BCUT2D eigenvalue weighted by Gasteiger charge is 2.23. The molecule has 0 aliphatic heterocycles. The number of aliphatic carboxylic acids is 2. The largest absolute Gasteiger partial charge is 0.481 e. The van der Waals surface area contributed by atoms with Gasteiger partial charge in [0.15, 0.2) is 6.23 Å². The highest BCUT2D eigenvalue weighted by molar-refractivity contribution is 5.83. The van der Waals surface area contributed by atoms with E-state index in [9.17, 15) is 24.0 Å². The molecule has 0 saturated heterocycles. The zero-order chi connectivity index (χ0) is 33.1. The van der Waals surface area contributed by atoms with Gasteiger partial charge in [0.2, 0.25) is 0 Å². The van der Waals surface area contributed by atoms with Crippen molar-refractivity contribution in [2.24, 2.45) is 0 Å². The zero-order valence-electron chi connectivity index (χ0n) is 25.2. The molecular weight excluding hydrogens is 572 g/mol. The monoisotopic (exact) mass is 616 g/mol. The van der Waals surface area contributed by atoms with Crippen molar-refractivity contribution < 1.29 is 38.9 Å². The van der Waals surface area contributed by atoms with Gasteiger partial charge in [-0.15, -0.1) is 0 Å². The lowest BCUT2D eigenvalue weighted by Crippen LogP contribution is -2.50. The number of urea groups is 2. The maximum Gasteiger partial charge on any atom is 0.326 e. The quantitative estimate of drug-likeness (QED) is 0.0779. The van der Waals surface area contributed by atoms with Crippen LogP contribution in [-0.4, -0.2) is 65.0 Å². The van der Waals surface area contributed by atoms with E-state index in [0.29, 0.717) is 5.69 Å². The third kappa shape index (κ3) is 16.4. The lowest BCUT2D eigenvalue weighted by Gasteiger charge is -2.19. The molecule has 14 heteroatoms. The summed E-state index contributed by atoms with van der Waals surface area (Å²) >= 11 is 0. The topological polar surface area (TPSA) is 235 Å². The molecule has 0 unspecified atom stereocenters. The Hall–Kier alpha value is -5.01. The Labute approximate surface area is 256 Å². The van der Waals surface area contributed by atoms with Crippen molar-refractivity contribution >= 4 is 41.8 Å². The standard InChI is InChI=1S/C15H19N3O7.C15H25N3O/c16-10-3-1-9(2-4-10)7-12(25-8-19)18-15(24)17-11(14(22)23)5-6-13(20)21;1-4-5-11(2)17-15(19)18-12(3)10-13-6-8-14(16)9-7-13/h1-4,8,11-12H,5-7,16H2,(H,20,21)(H,22,23)(H2,17,18,24);6-9,11-12H,4-5,10,16H2,1-3H3,(H2,17,18,19)/t11-,12+;11-,12-/m01/s1. The molecule has 0 heterocycles. The minimum absolute atomic E-state index is 0.0936. The van der Waals surface area contributed by atoms with Gasteiger partial charge in [-0.2, -0.15) is 0 Å². The second-order valence-corrected chi connectivity index (χ2v) is 10.3. The van der Waals surface area contributed by atoms with E-state index in [0.717, 1.165) is 30.5 Å². The lowest BCUT2D eigenvalue weighted by atomic mass is 10.1. The van der Waals surface area contributed by atoms with E-state index in [1.165, 1.54) is 5.56 Å². The summed E-state index contributed by atoms with van der Waals surface area (Å²) in [6, 6.07) is 12.3. The molecular formula is C30H44N6O8. The number of ether oxygens (including phenoxy) is 1. The lowest BCUT2D eigenvalue weighted by molar-refractivity contribution is -0.141. The normalized spacial score (nSPS) is 13.0. The van der Waals surface area contributed by atoms with E-state index < -0.39 is 36.7 Å². The van der Waals surface area contributed by atoms with Gasteiger partial charge in [0.25, 0.3) is 6.47 Å². The number of amides is 4. The van der Waals surface area contributed by atoms with Crippen molar-refractivity contribution in [1.29, 1.82) is 0 Å². The number of nitrogens with one attached hydrogen (secondary N) is 4. The first-order valence-corrected chi connectivity index (χ1v) is 14.2. The number of carbonyl (C=O) groups excluding carboxylic acids is 3. The van der Waals surface area contributed by atoms with Crippen molar-refractivity contribution in [3.63, 3.8) is 0 Å². The van der Waals surface area contributed by atoms with Gasteiger partial charge in [0, 0.05) is 36.3 Å². The molecule has 4 atom stereocenters. The third-order valence-corrected chi connectivity index (χ3v) is 6.16. The Morgan fingerprint density at radius 2 is 1.27 bits per heavy atom. The van der Waals surface area contributed by atoms with Crippen LogP contribution >= 0.6 is 0 Å². The number of rotatable bonds is 16. The van der Waals surface area contributed by atoms with Crippen LogP contribution in [0.15, 0.2) is 48.5 Å². The van der Waals surface area contributed by atoms with E-state index in [2.05, 4.69) is 28.2 Å². The van der Waals surface area contributed by atoms with E-state index in [1.54, 1.807) is 24.3 Å². The number of nitrogens with two attached hydrogens (primary N) is 2. The number of carboxylic acids is 2. The average Bonchev–Trinajstić information content (AvgIpc) is 2.93. The Morgan fingerprint density at radius 3 is 1.75 bits per heavy atom. The molecule has 242 valence electrons. The van der Waals surface area contributed by atoms with E-state index in [4.69, 9.17) is 26.4 Å².